The fraction of sp³-hybridized carbons (Fsp3) is 0.625. The Morgan fingerprint density at radius 2 is 1.74 bits per heavy atom. The van der Waals surface area contributed by atoms with Gasteiger partial charge in [0.15, 0.2) is 9.84 Å². The first-order valence-electron chi connectivity index (χ1n) is 7.95. The summed E-state index contributed by atoms with van der Waals surface area (Å²) in [5.74, 6) is 0.460. The van der Waals surface area contributed by atoms with Gasteiger partial charge in [-0.3, -0.25) is 9.80 Å². The number of nitrogens with zero attached hydrogens (tertiary/aromatic N) is 2. The molecular weight excluding hydrogens is 332 g/mol. The number of sulfone groups is 1. The summed E-state index contributed by atoms with van der Waals surface area (Å²) in [6, 6.07) is 8.55. The molecular formula is C16H24N2O3S2. The summed E-state index contributed by atoms with van der Waals surface area (Å²) in [4.78, 5) is 5.68. The largest absolute Gasteiger partial charge is 0.395 e. The van der Waals surface area contributed by atoms with Crippen LogP contribution in [0.3, 0.4) is 0 Å². The lowest BCUT2D eigenvalue weighted by Gasteiger charge is -2.43. The predicted octanol–water partition coefficient (Wildman–Crippen LogP) is 0.684. The van der Waals surface area contributed by atoms with E-state index in [0.717, 1.165) is 19.6 Å². The van der Waals surface area contributed by atoms with Gasteiger partial charge in [-0.2, -0.15) is 0 Å². The molecule has 0 bridgehead atoms. The Morgan fingerprint density at radius 1 is 1.13 bits per heavy atom. The van der Waals surface area contributed by atoms with Crippen LogP contribution in [0.5, 0.6) is 0 Å². The van der Waals surface area contributed by atoms with Crippen LogP contribution in [0.25, 0.3) is 0 Å². The Labute approximate surface area is 142 Å². The number of hydrogen-bond donors (Lipinski definition) is 1. The van der Waals surface area contributed by atoms with Crippen LogP contribution in [0.4, 0.5) is 0 Å². The van der Waals surface area contributed by atoms with Crippen LogP contribution in [0.1, 0.15) is 5.56 Å². The van der Waals surface area contributed by atoms with Crippen molar-refractivity contribution in [3.63, 3.8) is 0 Å². The summed E-state index contributed by atoms with van der Waals surface area (Å²) in [7, 11) is -2.98. The second-order valence-electron chi connectivity index (χ2n) is 6.29. The minimum absolute atomic E-state index is 0.0198. The molecule has 128 valence electrons. The second kappa shape index (κ2) is 7.11. The highest BCUT2D eigenvalue weighted by molar-refractivity contribution is 7.98. The van der Waals surface area contributed by atoms with Crippen LogP contribution >= 0.6 is 11.8 Å². The molecule has 0 radical (unpaired) electrons. The van der Waals surface area contributed by atoms with Gasteiger partial charge in [0, 0.05) is 43.2 Å². The Bertz CT molecular complexity index is 633. The van der Waals surface area contributed by atoms with Crippen molar-refractivity contribution >= 4 is 21.6 Å². The molecule has 2 heterocycles. The van der Waals surface area contributed by atoms with Crippen molar-refractivity contribution in [1.82, 2.24) is 9.80 Å². The molecule has 1 N–H and O–H groups in total. The third-order valence-electron chi connectivity index (χ3n) is 4.84. The van der Waals surface area contributed by atoms with Crippen LogP contribution < -0.4 is 0 Å². The molecule has 7 heteroatoms. The lowest BCUT2D eigenvalue weighted by atomic mass is 10.0. The molecule has 2 aliphatic heterocycles. The molecule has 2 saturated heterocycles. The maximum absolute atomic E-state index is 12.1. The first-order chi connectivity index (χ1) is 11.0. The molecule has 0 aromatic heterocycles. The van der Waals surface area contributed by atoms with Crippen LogP contribution in [0.15, 0.2) is 29.2 Å². The highest BCUT2D eigenvalue weighted by Gasteiger charge is 2.46. The number of β-amino-alcohol motifs (C(OH)–C–C–N with tert-alkyl or cyclic N) is 1. The standard InChI is InChI=1S/C16H24N2O3S2/c1-22-14-4-2-13(3-5-14)10-18-7-6-17(8-9-19)15-11-23(20,21)12-16(15)18/h2-5,15-16,19H,6-12H2,1H3/t15-,16+/m1/s1. The summed E-state index contributed by atoms with van der Waals surface area (Å²) >= 11 is 1.72. The zero-order valence-corrected chi connectivity index (χ0v) is 15.0. The predicted molar refractivity (Wildman–Crippen MR) is 93.5 cm³/mol. The first-order valence-corrected chi connectivity index (χ1v) is 11.0. The van der Waals surface area contributed by atoms with Crippen molar-refractivity contribution < 1.29 is 13.5 Å². The first kappa shape index (κ1) is 17.2. The van der Waals surface area contributed by atoms with Gasteiger partial charge < -0.3 is 5.11 Å². The molecule has 0 aliphatic carbocycles. The van der Waals surface area contributed by atoms with E-state index in [0.29, 0.717) is 6.54 Å². The van der Waals surface area contributed by atoms with Gasteiger partial charge in [0.05, 0.1) is 18.1 Å². The Morgan fingerprint density at radius 3 is 2.35 bits per heavy atom. The highest BCUT2D eigenvalue weighted by atomic mass is 32.2. The summed E-state index contributed by atoms with van der Waals surface area (Å²) in [6.07, 6.45) is 2.06. The van der Waals surface area contributed by atoms with Crippen molar-refractivity contribution in [2.75, 3.05) is 44.0 Å². The SMILES string of the molecule is CSc1ccc(CN2CCN(CCO)[C@@H]3CS(=O)(=O)C[C@@H]32)cc1. The maximum atomic E-state index is 12.1. The highest BCUT2D eigenvalue weighted by Crippen LogP contribution is 2.28. The summed E-state index contributed by atoms with van der Waals surface area (Å²) in [5, 5.41) is 9.21. The van der Waals surface area contributed by atoms with Gasteiger partial charge >= 0.3 is 0 Å². The van der Waals surface area contributed by atoms with Gasteiger partial charge in [0.2, 0.25) is 0 Å². The van der Waals surface area contributed by atoms with Crippen LogP contribution in [-0.2, 0) is 16.4 Å². The van der Waals surface area contributed by atoms with Gasteiger partial charge in [0.1, 0.15) is 0 Å². The Kier molecular flexibility index (Phi) is 5.32. The van der Waals surface area contributed by atoms with Gasteiger partial charge in [0.25, 0.3) is 0 Å². The van der Waals surface area contributed by atoms with E-state index in [4.69, 9.17) is 0 Å². The number of hydrogen-bond acceptors (Lipinski definition) is 6. The summed E-state index contributed by atoms with van der Waals surface area (Å²) < 4.78 is 24.2. The van der Waals surface area contributed by atoms with Gasteiger partial charge in [-0.15, -0.1) is 11.8 Å². The van der Waals surface area contributed by atoms with Crippen LogP contribution in [0.2, 0.25) is 0 Å². The molecule has 1 aromatic rings. The van der Waals surface area contributed by atoms with Crippen molar-refractivity contribution in [3.05, 3.63) is 29.8 Å². The lowest BCUT2D eigenvalue weighted by molar-refractivity contribution is 0.0307. The fourth-order valence-corrected chi connectivity index (χ4v) is 6.12. The van der Waals surface area contributed by atoms with E-state index in [1.54, 1.807) is 11.8 Å². The number of benzene rings is 1. The molecule has 1 aromatic carbocycles. The summed E-state index contributed by atoms with van der Waals surface area (Å²) in [5.41, 5.74) is 1.22. The zero-order valence-electron chi connectivity index (χ0n) is 13.4. The zero-order chi connectivity index (χ0) is 16.4. The van der Waals surface area contributed by atoms with Crippen LogP contribution in [-0.4, -0.2) is 79.4 Å². The third-order valence-corrected chi connectivity index (χ3v) is 7.28. The van der Waals surface area contributed by atoms with E-state index in [2.05, 4.69) is 40.3 Å². The minimum atomic E-state index is -2.98. The number of piperazine rings is 1. The quantitative estimate of drug-likeness (QED) is 0.783. The van der Waals surface area contributed by atoms with Gasteiger partial charge in [-0.1, -0.05) is 12.1 Å². The minimum Gasteiger partial charge on any atom is -0.395 e. The number of rotatable bonds is 5. The topological polar surface area (TPSA) is 60.9 Å². The molecule has 23 heavy (non-hydrogen) atoms. The lowest BCUT2D eigenvalue weighted by Crippen LogP contribution is -2.59. The average molecular weight is 357 g/mol. The van der Waals surface area contributed by atoms with Gasteiger partial charge in [-0.05, 0) is 24.0 Å². The molecule has 0 unspecified atom stereocenters. The van der Waals surface area contributed by atoms with Crippen LogP contribution in [0, 0.1) is 0 Å². The summed E-state index contributed by atoms with van der Waals surface area (Å²) in [6.45, 7) is 3.10. The molecule has 0 amide bonds. The fourth-order valence-electron chi connectivity index (χ4n) is 3.66. The Balaban J connectivity index is 1.75. The van der Waals surface area contributed by atoms with E-state index in [9.17, 15) is 13.5 Å². The van der Waals surface area contributed by atoms with Gasteiger partial charge in [-0.25, -0.2) is 8.42 Å². The third kappa shape index (κ3) is 3.91. The molecule has 2 atom stereocenters. The molecule has 5 nitrogen and oxygen atoms in total. The van der Waals surface area contributed by atoms with E-state index >= 15 is 0 Å². The van der Waals surface area contributed by atoms with E-state index < -0.39 is 9.84 Å². The van der Waals surface area contributed by atoms with E-state index in [-0.39, 0.29) is 30.2 Å². The smallest absolute Gasteiger partial charge is 0.153 e. The van der Waals surface area contributed by atoms with E-state index in [1.165, 1.54) is 10.5 Å². The number of thioether (sulfide) groups is 1. The molecule has 3 rings (SSSR count). The van der Waals surface area contributed by atoms with Crippen molar-refractivity contribution in [2.24, 2.45) is 0 Å². The Hall–Kier alpha value is -0.600. The monoisotopic (exact) mass is 356 g/mol. The average Bonchev–Trinajstić information content (AvgIpc) is 2.86. The number of aliphatic hydroxyl groups excluding tert-OH is 1. The molecule has 0 spiro atoms. The molecule has 2 fully saturated rings. The normalized spacial score (nSPS) is 27.9. The van der Waals surface area contributed by atoms with Crippen molar-refractivity contribution in [2.45, 2.75) is 23.5 Å². The van der Waals surface area contributed by atoms with Crippen molar-refractivity contribution in [3.8, 4) is 0 Å². The molecule has 2 aliphatic rings. The van der Waals surface area contributed by atoms with E-state index in [1.807, 2.05) is 0 Å². The second-order valence-corrected chi connectivity index (χ2v) is 9.32. The molecule has 0 saturated carbocycles. The maximum Gasteiger partial charge on any atom is 0.153 e. The number of aliphatic hydroxyl groups is 1. The van der Waals surface area contributed by atoms with Crippen molar-refractivity contribution in [1.29, 1.82) is 0 Å². The number of fused-ring (bicyclic) bond motifs is 1.